The first-order valence-corrected chi connectivity index (χ1v) is 6.36. The van der Waals surface area contributed by atoms with Crippen molar-refractivity contribution in [2.24, 2.45) is 5.16 Å². The summed E-state index contributed by atoms with van der Waals surface area (Å²) in [6.45, 7) is 1.89. The van der Waals surface area contributed by atoms with E-state index in [1.807, 2.05) is 37.3 Å². The van der Waals surface area contributed by atoms with E-state index in [9.17, 15) is 9.59 Å². The number of benzene rings is 1. The molecule has 1 aromatic carbocycles. The van der Waals surface area contributed by atoms with E-state index in [1.54, 1.807) is 0 Å². The van der Waals surface area contributed by atoms with Crippen LogP contribution in [0.1, 0.15) is 18.9 Å². The van der Waals surface area contributed by atoms with Crippen LogP contribution in [0.2, 0.25) is 0 Å². The zero-order valence-electron chi connectivity index (χ0n) is 11.1. The molecule has 1 amide bonds. The Balaban J connectivity index is 1.82. The number of carbonyl (C=O) groups is 2. The number of rotatable bonds is 5. The smallest absolute Gasteiger partial charge is 0.353 e. The van der Waals surface area contributed by atoms with Gasteiger partial charge in [-0.05, 0) is 18.9 Å². The summed E-state index contributed by atoms with van der Waals surface area (Å²) in [7, 11) is 0. The second-order valence-corrected chi connectivity index (χ2v) is 4.74. The molecular formula is C14H16N2O4. The van der Waals surface area contributed by atoms with Crippen molar-refractivity contribution < 1.29 is 19.5 Å². The number of carboxylic acid groups (broad SMARTS) is 1. The number of nitrogens with zero attached hydrogens (tertiary/aromatic N) is 1. The highest BCUT2D eigenvalue weighted by Gasteiger charge is 2.31. The Morgan fingerprint density at radius 3 is 2.75 bits per heavy atom. The van der Waals surface area contributed by atoms with Crippen molar-refractivity contribution >= 4 is 17.6 Å². The topological polar surface area (TPSA) is 88.0 Å². The summed E-state index contributed by atoms with van der Waals surface area (Å²) in [5.41, 5.74) is 0.996. The predicted octanol–water partition coefficient (Wildman–Crippen LogP) is 0.963. The third-order valence-electron chi connectivity index (χ3n) is 2.98. The molecule has 1 heterocycles. The van der Waals surface area contributed by atoms with E-state index in [-0.39, 0.29) is 24.1 Å². The highest BCUT2D eigenvalue weighted by molar-refractivity contribution is 6.36. The maximum Gasteiger partial charge on any atom is 0.353 e. The van der Waals surface area contributed by atoms with Gasteiger partial charge in [-0.1, -0.05) is 35.5 Å². The fourth-order valence-electron chi connectivity index (χ4n) is 2.00. The molecule has 2 atom stereocenters. The van der Waals surface area contributed by atoms with Gasteiger partial charge in [-0.25, -0.2) is 4.79 Å². The molecule has 0 aromatic heterocycles. The molecule has 0 aliphatic carbocycles. The lowest BCUT2D eigenvalue weighted by molar-refractivity contribution is -0.131. The van der Waals surface area contributed by atoms with Crippen LogP contribution >= 0.6 is 0 Å². The van der Waals surface area contributed by atoms with Gasteiger partial charge in [0.25, 0.3) is 5.91 Å². The molecular weight excluding hydrogens is 260 g/mol. The highest BCUT2D eigenvalue weighted by atomic mass is 16.6. The van der Waals surface area contributed by atoms with E-state index in [0.717, 1.165) is 5.56 Å². The maximum absolute atomic E-state index is 11.9. The summed E-state index contributed by atoms with van der Waals surface area (Å²) in [6.07, 6.45) is -0.148. The lowest BCUT2D eigenvalue weighted by Gasteiger charge is -2.16. The molecule has 0 saturated carbocycles. The van der Waals surface area contributed by atoms with Crippen molar-refractivity contribution in [1.82, 2.24) is 5.32 Å². The summed E-state index contributed by atoms with van der Waals surface area (Å²) in [4.78, 5) is 27.4. The molecule has 0 saturated heterocycles. The fourth-order valence-corrected chi connectivity index (χ4v) is 2.00. The molecule has 1 aliphatic rings. The molecule has 1 aromatic rings. The van der Waals surface area contributed by atoms with Gasteiger partial charge in [0.15, 0.2) is 5.71 Å². The van der Waals surface area contributed by atoms with E-state index in [1.165, 1.54) is 0 Å². The molecule has 0 bridgehead atoms. The predicted molar refractivity (Wildman–Crippen MR) is 72.3 cm³/mol. The van der Waals surface area contributed by atoms with E-state index >= 15 is 0 Å². The van der Waals surface area contributed by atoms with Crippen LogP contribution in [0.25, 0.3) is 0 Å². The van der Waals surface area contributed by atoms with Crippen LogP contribution in [0.5, 0.6) is 0 Å². The van der Waals surface area contributed by atoms with Crippen LogP contribution in [0.3, 0.4) is 0 Å². The number of hydrogen-bond donors (Lipinski definition) is 2. The maximum atomic E-state index is 11.9. The highest BCUT2D eigenvalue weighted by Crippen LogP contribution is 2.11. The summed E-state index contributed by atoms with van der Waals surface area (Å²) in [5, 5.41) is 14.9. The lowest BCUT2D eigenvalue weighted by atomic mass is 10.1. The van der Waals surface area contributed by atoms with Crippen molar-refractivity contribution in [1.29, 1.82) is 0 Å². The van der Waals surface area contributed by atoms with Crippen molar-refractivity contribution in [3.63, 3.8) is 0 Å². The van der Waals surface area contributed by atoms with Crippen LogP contribution in [-0.4, -0.2) is 34.8 Å². The van der Waals surface area contributed by atoms with E-state index < -0.39 is 12.1 Å². The number of carboxylic acids is 1. The molecule has 6 heteroatoms. The fraction of sp³-hybridized carbons (Fsp3) is 0.357. The molecule has 106 valence electrons. The number of carbonyl (C=O) groups excluding carboxylic acids is 1. The van der Waals surface area contributed by atoms with Gasteiger partial charge < -0.3 is 15.3 Å². The summed E-state index contributed by atoms with van der Waals surface area (Å²) in [5.74, 6) is -1.49. The van der Waals surface area contributed by atoms with Gasteiger partial charge in [0, 0.05) is 12.5 Å². The SMILES string of the molecule is CC(Cc1ccccc1)NC(=O)C1CC(C(=O)O)=NO1. The van der Waals surface area contributed by atoms with Crippen LogP contribution < -0.4 is 5.32 Å². The number of oxime groups is 1. The molecule has 0 radical (unpaired) electrons. The number of hydrogen-bond acceptors (Lipinski definition) is 4. The van der Waals surface area contributed by atoms with Crippen molar-refractivity contribution in [2.45, 2.75) is 31.9 Å². The Kier molecular flexibility index (Phi) is 4.34. The first-order chi connectivity index (χ1) is 9.56. The molecule has 2 unspecified atom stereocenters. The van der Waals surface area contributed by atoms with E-state index in [0.29, 0.717) is 6.42 Å². The molecule has 2 N–H and O–H groups in total. The number of amides is 1. The quantitative estimate of drug-likeness (QED) is 0.838. The Labute approximate surface area is 116 Å². The third kappa shape index (κ3) is 3.57. The largest absolute Gasteiger partial charge is 0.477 e. The Morgan fingerprint density at radius 1 is 1.45 bits per heavy atom. The van der Waals surface area contributed by atoms with Crippen molar-refractivity contribution in [2.75, 3.05) is 0 Å². The average molecular weight is 276 g/mol. The van der Waals surface area contributed by atoms with Crippen LogP contribution in [0, 0.1) is 0 Å². The standard InChI is InChI=1S/C14H16N2O4/c1-9(7-10-5-3-2-4-6-10)15-13(17)12-8-11(14(18)19)16-20-12/h2-6,9,12H,7-8H2,1H3,(H,15,17)(H,18,19). The Bertz CT molecular complexity index is 527. The molecule has 20 heavy (non-hydrogen) atoms. The molecule has 2 rings (SSSR count). The molecule has 6 nitrogen and oxygen atoms in total. The van der Waals surface area contributed by atoms with Gasteiger partial charge >= 0.3 is 5.97 Å². The monoisotopic (exact) mass is 276 g/mol. The number of aliphatic carboxylic acids is 1. The minimum absolute atomic E-state index is 0.000770. The molecule has 0 fully saturated rings. The van der Waals surface area contributed by atoms with Crippen LogP contribution in [-0.2, 0) is 20.8 Å². The second kappa shape index (κ2) is 6.18. The molecule has 1 aliphatic heterocycles. The minimum atomic E-state index is -1.15. The molecule has 0 spiro atoms. The Morgan fingerprint density at radius 2 is 2.15 bits per heavy atom. The zero-order valence-corrected chi connectivity index (χ0v) is 11.1. The zero-order chi connectivity index (χ0) is 14.5. The van der Waals surface area contributed by atoms with Gasteiger partial charge in [0.1, 0.15) is 0 Å². The van der Waals surface area contributed by atoms with Crippen LogP contribution in [0.15, 0.2) is 35.5 Å². The van der Waals surface area contributed by atoms with Crippen molar-refractivity contribution in [3.05, 3.63) is 35.9 Å². The first-order valence-electron chi connectivity index (χ1n) is 6.36. The summed E-state index contributed by atoms with van der Waals surface area (Å²) in [6, 6.07) is 9.72. The van der Waals surface area contributed by atoms with Gasteiger partial charge in [-0.2, -0.15) is 0 Å². The normalized spacial score (nSPS) is 18.9. The van der Waals surface area contributed by atoms with Gasteiger partial charge in [0.05, 0.1) is 0 Å². The van der Waals surface area contributed by atoms with Crippen molar-refractivity contribution in [3.8, 4) is 0 Å². The lowest BCUT2D eigenvalue weighted by Crippen LogP contribution is -2.41. The number of nitrogens with one attached hydrogen (secondary N) is 1. The Hall–Kier alpha value is -2.37. The average Bonchev–Trinajstić information content (AvgIpc) is 2.89. The summed E-state index contributed by atoms with van der Waals surface area (Å²) >= 11 is 0. The summed E-state index contributed by atoms with van der Waals surface area (Å²) < 4.78 is 0. The first kappa shape index (κ1) is 14.0. The second-order valence-electron chi connectivity index (χ2n) is 4.74. The van der Waals surface area contributed by atoms with Gasteiger partial charge in [-0.3, -0.25) is 4.79 Å². The van der Waals surface area contributed by atoms with Crippen LogP contribution in [0.4, 0.5) is 0 Å². The van der Waals surface area contributed by atoms with Gasteiger partial charge in [-0.15, -0.1) is 0 Å². The van der Waals surface area contributed by atoms with Gasteiger partial charge in [0.2, 0.25) is 6.10 Å². The van der Waals surface area contributed by atoms with E-state index in [4.69, 9.17) is 9.94 Å². The minimum Gasteiger partial charge on any atom is -0.477 e. The van der Waals surface area contributed by atoms with E-state index in [2.05, 4.69) is 10.5 Å². The third-order valence-corrected chi connectivity index (χ3v) is 2.98.